The van der Waals surface area contributed by atoms with Crippen LogP contribution in [-0.4, -0.2) is 51.0 Å². The Labute approximate surface area is 159 Å². The molecular weight excluding hydrogens is 376 g/mol. The Balaban J connectivity index is 1.56. The summed E-state index contributed by atoms with van der Waals surface area (Å²) in [6, 6.07) is 0.611. The van der Waals surface area contributed by atoms with Crippen LogP contribution in [0.3, 0.4) is 0 Å². The van der Waals surface area contributed by atoms with E-state index in [9.17, 15) is 0 Å². The Morgan fingerprint density at radius 3 is 2.54 bits per heavy atom. The maximum absolute atomic E-state index is 4.88. The lowest BCUT2D eigenvalue weighted by Gasteiger charge is -2.20. The van der Waals surface area contributed by atoms with Crippen LogP contribution in [0.25, 0.3) is 16.4 Å². The fourth-order valence-corrected chi connectivity index (χ4v) is 6.96. The lowest BCUT2D eigenvalue weighted by Crippen LogP contribution is -2.25. The first-order chi connectivity index (χ1) is 11.5. The molecular formula is C16H20N4S4. The lowest BCUT2D eigenvalue weighted by molar-refractivity contribution is 0.279. The Bertz CT molecular complexity index is 768. The van der Waals surface area contributed by atoms with Crippen molar-refractivity contribution in [3.05, 3.63) is 26.9 Å². The van der Waals surface area contributed by atoms with Crippen molar-refractivity contribution in [1.29, 1.82) is 0 Å². The van der Waals surface area contributed by atoms with Crippen molar-refractivity contribution in [2.45, 2.75) is 30.6 Å². The van der Waals surface area contributed by atoms with E-state index in [1.165, 1.54) is 17.1 Å². The van der Waals surface area contributed by atoms with Gasteiger partial charge in [-0.1, -0.05) is 0 Å². The van der Waals surface area contributed by atoms with Crippen molar-refractivity contribution in [2.24, 2.45) is 0 Å². The van der Waals surface area contributed by atoms with E-state index in [-0.39, 0.29) is 0 Å². The molecule has 4 rings (SSSR count). The van der Waals surface area contributed by atoms with Gasteiger partial charge >= 0.3 is 0 Å². The normalized spacial score (nSPS) is 27.9. The van der Waals surface area contributed by atoms with Gasteiger partial charge in [-0.3, -0.25) is 4.90 Å². The fourth-order valence-electron chi connectivity index (χ4n) is 2.73. The predicted octanol–water partition coefficient (Wildman–Crippen LogP) is 4.66. The molecule has 0 bridgehead atoms. The molecule has 0 aliphatic carbocycles. The highest BCUT2D eigenvalue weighted by Gasteiger charge is 2.31. The second kappa shape index (κ2) is 6.64. The molecule has 2 aromatic rings. The molecule has 3 atom stereocenters. The molecule has 0 aromatic carbocycles. The predicted molar refractivity (Wildman–Crippen MR) is 108 cm³/mol. The Morgan fingerprint density at radius 1 is 1.08 bits per heavy atom. The molecule has 0 spiro atoms. The van der Waals surface area contributed by atoms with Crippen LogP contribution in [0.5, 0.6) is 0 Å². The van der Waals surface area contributed by atoms with Crippen molar-refractivity contribution >= 4 is 51.9 Å². The van der Waals surface area contributed by atoms with Gasteiger partial charge in [-0.05, 0) is 26.3 Å². The number of nitrogens with zero attached hydrogens (tertiary/aromatic N) is 4. The van der Waals surface area contributed by atoms with Gasteiger partial charge < -0.3 is 4.90 Å². The minimum Gasteiger partial charge on any atom is -0.360 e. The van der Waals surface area contributed by atoms with E-state index >= 15 is 0 Å². The summed E-state index contributed by atoms with van der Waals surface area (Å²) in [7, 11) is 4.32. The summed E-state index contributed by atoms with van der Waals surface area (Å²) in [4.78, 5) is 14.4. The second-order valence-electron chi connectivity index (χ2n) is 6.16. The highest BCUT2D eigenvalue weighted by molar-refractivity contribution is 8.03. The maximum Gasteiger partial charge on any atom is 0.143 e. The molecule has 128 valence electrons. The van der Waals surface area contributed by atoms with Crippen LogP contribution in [0.4, 0.5) is 0 Å². The molecule has 4 heterocycles. The van der Waals surface area contributed by atoms with E-state index in [0.717, 1.165) is 15.7 Å². The third-order valence-electron chi connectivity index (χ3n) is 4.58. The molecule has 8 heteroatoms. The number of thioether (sulfide) groups is 2. The zero-order valence-electron chi connectivity index (χ0n) is 14.1. The molecule has 3 unspecified atom stereocenters. The van der Waals surface area contributed by atoms with Crippen molar-refractivity contribution < 1.29 is 0 Å². The van der Waals surface area contributed by atoms with Gasteiger partial charge in [0.25, 0.3) is 0 Å². The summed E-state index contributed by atoms with van der Waals surface area (Å²) < 4.78 is 0. The third kappa shape index (κ3) is 2.92. The summed E-state index contributed by atoms with van der Waals surface area (Å²) >= 11 is 7.24. The van der Waals surface area contributed by atoms with Gasteiger partial charge in [0.05, 0.1) is 22.1 Å². The van der Waals surface area contributed by atoms with Crippen molar-refractivity contribution in [2.75, 3.05) is 19.8 Å². The molecule has 1 saturated heterocycles. The van der Waals surface area contributed by atoms with Crippen LogP contribution in [0.2, 0.25) is 0 Å². The molecule has 0 saturated carbocycles. The second-order valence-corrected chi connectivity index (χ2v) is 10.2. The van der Waals surface area contributed by atoms with Gasteiger partial charge in [-0.25, -0.2) is 9.97 Å². The van der Waals surface area contributed by atoms with E-state index in [0.29, 0.717) is 16.8 Å². The van der Waals surface area contributed by atoms with E-state index < -0.39 is 0 Å². The standard InChI is InChI=1S/C16H20N4S4/c1-9-5-24-16(19(9)3)12-7-22-14(18-12)11-6-23-15(17-11)13-8-21-10(2)20(13)4/h6-10,16H,5H2,1-4H3. The van der Waals surface area contributed by atoms with Crippen LogP contribution in [-0.2, 0) is 0 Å². The average Bonchev–Trinajstić information content (AvgIpc) is 3.31. The van der Waals surface area contributed by atoms with Gasteiger partial charge in [0.1, 0.15) is 15.7 Å². The molecule has 0 amide bonds. The van der Waals surface area contributed by atoms with Crippen LogP contribution in [0, 0.1) is 0 Å². The van der Waals surface area contributed by atoms with Crippen molar-refractivity contribution in [1.82, 2.24) is 19.8 Å². The number of hydrogen-bond acceptors (Lipinski definition) is 8. The minimum absolute atomic E-state index is 0.379. The minimum atomic E-state index is 0.379. The van der Waals surface area contributed by atoms with Gasteiger partial charge in [-0.2, -0.15) is 0 Å². The molecule has 2 aromatic heterocycles. The van der Waals surface area contributed by atoms with E-state index in [1.54, 1.807) is 22.7 Å². The number of hydrogen-bond donors (Lipinski definition) is 0. The molecule has 1 fully saturated rings. The number of thiazole rings is 2. The molecule has 0 N–H and O–H groups in total. The van der Waals surface area contributed by atoms with Gasteiger partial charge in [0.15, 0.2) is 0 Å². The van der Waals surface area contributed by atoms with Crippen LogP contribution < -0.4 is 0 Å². The van der Waals surface area contributed by atoms with Gasteiger partial charge in [0.2, 0.25) is 0 Å². The van der Waals surface area contributed by atoms with Crippen molar-refractivity contribution in [3.8, 4) is 10.7 Å². The lowest BCUT2D eigenvalue weighted by atomic mass is 10.3. The number of rotatable bonds is 3. The maximum atomic E-state index is 4.88. The monoisotopic (exact) mass is 396 g/mol. The summed E-state index contributed by atoms with van der Waals surface area (Å²) in [5.74, 6) is 1.17. The molecule has 2 aliphatic rings. The SMILES string of the molecule is CC1SC=C(c2nc(-c3nc(C4SCC(C)N4C)cs3)cs2)N1C. The first-order valence-corrected chi connectivity index (χ1v) is 11.6. The van der Waals surface area contributed by atoms with E-state index in [1.807, 2.05) is 23.5 Å². The van der Waals surface area contributed by atoms with Crippen LogP contribution >= 0.6 is 46.2 Å². The molecule has 4 nitrogen and oxygen atoms in total. The first-order valence-electron chi connectivity index (χ1n) is 7.88. The smallest absolute Gasteiger partial charge is 0.143 e. The average molecular weight is 397 g/mol. The Kier molecular flexibility index (Phi) is 4.68. The quantitative estimate of drug-likeness (QED) is 0.750. The first kappa shape index (κ1) is 16.9. The topological polar surface area (TPSA) is 32.3 Å². The van der Waals surface area contributed by atoms with Crippen LogP contribution in [0.15, 0.2) is 16.2 Å². The summed E-state index contributed by atoms with van der Waals surface area (Å²) in [6.45, 7) is 4.49. The van der Waals surface area contributed by atoms with Gasteiger partial charge in [0, 0.05) is 29.6 Å². The van der Waals surface area contributed by atoms with E-state index in [4.69, 9.17) is 9.97 Å². The summed E-state index contributed by atoms with van der Waals surface area (Å²) in [6.07, 6.45) is 0. The summed E-state index contributed by atoms with van der Waals surface area (Å²) in [5.41, 5.74) is 3.40. The van der Waals surface area contributed by atoms with Crippen molar-refractivity contribution in [3.63, 3.8) is 0 Å². The summed E-state index contributed by atoms with van der Waals surface area (Å²) in [5, 5.41) is 9.52. The largest absolute Gasteiger partial charge is 0.360 e. The zero-order chi connectivity index (χ0) is 16.8. The molecule has 0 radical (unpaired) electrons. The molecule has 24 heavy (non-hydrogen) atoms. The Morgan fingerprint density at radius 2 is 1.88 bits per heavy atom. The fraction of sp³-hybridized carbons (Fsp3) is 0.500. The highest BCUT2D eigenvalue weighted by Crippen LogP contribution is 2.42. The van der Waals surface area contributed by atoms with Crippen LogP contribution in [0.1, 0.15) is 29.9 Å². The van der Waals surface area contributed by atoms with Gasteiger partial charge in [-0.15, -0.1) is 46.2 Å². The zero-order valence-corrected chi connectivity index (χ0v) is 17.4. The van der Waals surface area contributed by atoms with E-state index in [2.05, 4.69) is 53.9 Å². The molecule has 2 aliphatic heterocycles. The third-order valence-corrected chi connectivity index (χ3v) is 8.96. The Hall–Kier alpha value is -0.540. The number of aromatic nitrogens is 2. The highest BCUT2D eigenvalue weighted by atomic mass is 32.2.